The summed E-state index contributed by atoms with van der Waals surface area (Å²) in [5, 5.41) is 2.75. The van der Waals surface area contributed by atoms with Crippen LogP contribution in [0.3, 0.4) is 0 Å². The van der Waals surface area contributed by atoms with Crippen molar-refractivity contribution >= 4 is 33.4 Å². The third kappa shape index (κ3) is 1.41. The Morgan fingerprint density at radius 1 is 1.00 bits per heavy atom. The molecule has 1 heterocycles. The molecule has 0 fully saturated rings. The SMILES string of the molecule is COc1cccc2c1ccc1nc(N)nc(N)c12. The maximum absolute atomic E-state index is 5.94. The van der Waals surface area contributed by atoms with E-state index >= 15 is 0 Å². The minimum atomic E-state index is 0.183. The van der Waals surface area contributed by atoms with E-state index in [2.05, 4.69) is 9.97 Å². The molecule has 0 aliphatic carbocycles. The summed E-state index contributed by atoms with van der Waals surface area (Å²) >= 11 is 0. The summed E-state index contributed by atoms with van der Waals surface area (Å²) in [6, 6.07) is 9.60. The van der Waals surface area contributed by atoms with Crippen LogP contribution in [0.25, 0.3) is 21.7 Å². The number of methoxy groups -OCH3 is 1. The van der Waals surface area contributed by atoms with Gasteiger partial charge in [0.25, 0.3) is 0 Å². The number of benzene rings is 2. The highest BCUT2D eigenvalue weighted by Gasteiger charge is 2.09. The topological polar surface area (TPSA) is 87.0 Å². The second-order valence-corrected chi connectivity index (χ2v) is 3.98. The van der Waals surface area contributed by atoms with Gasteiger partial charge in [0.1, 0.15) is 11.6 Å². The van der Waals surface area contributed by atoms with Crippen LogP contribution in [0.1, 0.15) is 0 Å². The summed E-state index contributed by atoms with van der Waals surface area (Å²) in [7, 11) is 1.64. The molecule has 0 spiro atoms. The molecule has 3 rings (SSSR count). The van der Waals surface area contributed by atoms with Crippen LogP contribution in [0.15, 0.2) is 30.3 Å². The van der Waals surface area contributed by atoms with Crippen molar-refractivity contribution in [1.82, 2.24) is 9.97 Å². The molecule has 0 aliphatic rings. The van der Waals surface area contributed by atoms with Crippen molar-refractivity contribution in [2.45, 2.75) is 0 Å². The molecule has 0 radical (unpaired) electrons. The number of ether oxygens (including phenoxy) is 1. The predicted molar refractivity (Wildman–Crippen MR) is 72.4 cm³/mol. The van der Waals surface area contributed by atoms with Gasteiger partial charge in [-0.2, -0.15) is 4.98 Å². The van der Waals surface area contributed by atoms with Gasteiger partial charge in [-0.15, -0.1) is 0 Å². The number of hydrogen-bond acceptors (Lipinski definition) is 5. The molecule has 0 atom stereocenters. The van der Waals surface area contributed by atoms with E-state index in [-0.39, 0.29) is 5.95 Å². The minimum Gasteiger partial charge on any atom is -0.496 e. The molecule has 4 N–H and O–H groups in total. The van der Waals surface area contributed by atoms with E-state index in [0.29, 0.717) is 5.82 Å². The summed E-state index contributed by atoms with van der Waals surface area (Å²) in [6.45, 7) is 0. The molecule has 1 aromatic heterocycles. The monoisotopic (exact) mass is 240 g/mol. The van der Waals surface area contributed by atoms with Gasteiger partial charge in [0, 0.05) is 5.39 Å². The maximum Gasteiger partial charge on any atom is 0.222 e. The Morgan fingerprint density at radius 3 is 2.61 bits per heavy atom. The lowest BCUT2D eigenvalue weighted by molar-refractivity contribution is 0.420. The molecule has 2 aromatic carbocycles. The van der Waals surface area contributed by atoms with E-state index < -0.39 is 0 Å². The third-order valence-electron chi connectivity index (χ3n) is 2.95. The molecule has 0 saturated heterocycles. The zero-order valence-electron chi connectivity index (χ0n) is 9.84. The van der Waals surface area contributed by atoms with Gasteiger partial charge in [-0.25, -0.2) is 4.98 Å². The average Bonchev–Trinajstić information content (AvgIpc) is 2.36. The minimum absolute atomic E-state index is 0.183. The van der Waals surface area contributed by atoms with Gasteiger partial charge in [-0.3, -0.25) is 0 Å². The van der Waals surface area contributed by atoms with E-state index in [1.54, 1.807) is 7.11 Å². The van der Waals surface area contributed by atoms with E-state index in [0.717, 1.165) is 27.4 Å². The van der Waals surface area contributed by atoms with E-state index in [1.165, 1.54) is 0 Å². The van der Waals surface area contributed by atoms with Gasteiger partial charge in [0.05, 0.1) is 18.0 Å². The van der Waals surface area contributed by atoms with Crippen molar-refractivity contribution < 1.29 is 4.74 Å². The number of rotatable bonds is 1. The van der Waals surface area contributed by atoms with Crippen molar-refractivity contribution in [1.29, 1.82) is 0 Å². The first kappa shape index (κ1) is 10.6. The molecular formula is C13H12N4O. The maximum atomic E-state index is 5.94. The standard InChI is InChI=1S/C13H12N4O/c1-18-10-4-2-3-8-7(10)5-6-9-11(8)12(14)17-13(15)16-9/h2-6H,1H3,(H4,14,15,16,17). The van der Waals surface area contributed by atoms with Crippen molar-refractivity contribution in [3.05, 3.63) is 30.3 Å². The van der Waals surface area contributed by atoms with Crippen LogP contribution in [-0.2, 0) is 0 Å². The summed E-state index contributed by atoms with van der Waals surface area (Å²) in [4.78, 5) is 8.20. The van der Waals surface area contributed by atoms with Crippen LogP contribution >= 0.6 is 0 Å². The fraction of sp³-hybridized carbons (Fsp3) is 0.0769. The fourth-order valence-corrected chi connectivity index (χ4v) is 2.19. The number of fused-ring (bicyclic) bond motifs is 3. The molecule has 0 bridgehead atoms. The Balaban J connectivity index is 2.54. The van der Waals surface area contributed by atoms with Gasteiger partial charge in [0.15, 0.2) is 0 Å². The highest BCUT2D eigenvalue weighted by atomic mass is 16.5. The highest BCUT2D eigenvalue weighted by Crippen LogP contribution is 2.33. The van der Waals surface area contributed by atoms with Gasteiger partial charge < -0.3 is 16.2 Å². The number of nitrogens with two attached hydrogens (primary N) is 2. The predicted octanol–water partition coefficient (Wildman–Crippen LogP) is 1.96. The van der Waals surface area contributed by atoms with Crippen molar-refractivity contribution in [3.63, 3.8) is 0 Å². The Hall–Kier alpha value is -2.56. The Labute approximate surface area is 103 Å². The first-order valence-electron chi connectivity index (χ1n) is 5.49. The second kappa shape index (κ2) is 3.73. The lowest BCUT2D eigenvalue weighted by Gasteiger charge is -2.09. The third-order valence-corrected chi connectivity index (χ3v) is 2.95. The van der Waals surface area contributed by atoms with Gasteiger partial charge in [0.2, 0.25) is 5.95 Å². The Morgan fingerprint density at radius 2 is 1.83 bits per heavy atom. The average molecular weight is 240 g/mol. The number of nitrogen functional groups attached to an aromatic ring is 2. The quantitative estimate of drug-likeness (QED) is 0.635. The lowest BCUT2D eigenvalue weighted by atomic mass is 10.0. The van der Waals surface area contributed by atoms with E-state index in [1.807, 2.05) is 30.3 Å². The number of hydrogen-bond donors (Lipinski definition) is 2. The van der Waals surface area contributed by atoms with Crippen LogP contribution in [0.5, 0.6) is 5.75 Å². The zero-order chi connectivity index (χ0) is 12.7. The molecule has 90 valence electrons. The van der Waals surface area contributed by atoms with Crippen LogP contribution < -0.4 is 16.2 Å². The lowest BCUT2D eigenvalue weighted by Crippen LogP contribution is -2.00. The van der Waals surface area contributed by atoms with Crippen molar-refractivity contribution in [2.24, 2.45) is 0 Å². The first-order chi connectivity index (χ1) is 8.70. The Kier molecular flexibility index (Phi) is 2.19. The smallest absolute Gasteiger partial charge is 0.222 e. The summed E-state index contributed by atoms with van der Waals surface area (Å²) in [5.41, 5.74) is 12.3. The van der Waals surface area contributed by atoms with Gasteiger partial charge in [-0.1, -0.05) is 12.1 Å². The molecule has 5 heteroatoms. The summed E-state index contributed by atoms with van der Waals surface area (Å²) < 4.78 is 5.33. The van der Waals surface area contributed by atoms with Gasteiger partial charge >= 0.3 is 0 Å². The molecule has 0 aliphatic heterocycles. The van der Waals surface area contributed by atoms with E-state index in [9.17, 15) is 0 Å². The molecule has 0 saturated carbocycles. The molecular weight excluding hydrogens is 228 g/mol. The molecule has 18 heavy (non-hydrogen) atoms. The van der Waals surface area contributed by atoms with Crippen molar-refractivity contribution in [3.8, 4) is 5.75 Å². The first-order valence-corrected chi connectivity index (χ1v) is 5.49. The fourth-order valence-electron chi connectivity index (χ4n) is 2.19. The molecule has 3 aromatic rings. The summed E-state index contributed by atoms with van der Waals surface area (Å²) in [6.07, 6.45) is 0. The van der Waals surface area contributed by atoms with Crippen LogP contribution in [-0.4, -0.2) is 17.1 Å². The largest absolute Gasteiger partial charge is 0.496 e. The van der Waals surface area contributed by atoms with Gasteiger partial charge in [-0.05, 0) is 23.6 Å². The number of aromatic nitrogens is 2. The van der Waals surface area contributed by atoms with Crippen molar-refractivity contribution in [2.75, 3.05) is 18.6 Å². The van der Waals surface area contributed by atoms with E-state index in [4.69, 9.17) is 16.2 Å². The highest BCUT2D eigenvalue weighted by molar-refractivity contribution is 6.12. The molecule has 0 unspecified atom stereocenters. The van der Waals surface area contributed by atoms with Crippen LogP contribution in [0.2, 0.25) is 0 Å². The normalized spacial score (nSPS) is 10.9. The van der Waals surface area contributed by atoms with Crippen LogP contribution in [0.4, 0.5) is 11.8 Å². The molecule has 0 amide bonds. The summed E-state index contributed by atoms with van der Waals surface area (Å²) in [5.74, 6) is 1.37. The molecule has 5 nitrogen and oxygen atoms in total. The second-order valence-electron chi connectivity index (χ2n) is 3.98. The Bertz CT molecular complexity index is 755. The number of nitrogens with zero attached hydrogens (tertiary/aromatic N) is 2. The van der Waals surface area contributed by atoms with Crippen LogP contribution in [0, 0.1) is 0 Å². The number of anilines is 2. The zero-order valence-corrected chi connectivity index (χ0v) is 9.84.